The molecule has 1 aliphatic carbocycles. The summed E-state index contributed by atoms with van der Waals surface area (Å²) in [5.74, 6) is 2.66. The van der Waals surface area contributed by atoms with Gasteiger partial charge in [0.25, 0.3) is 0 Å². The summed E-state index contributed by atoms with van der Waals surface area (Å²) in [6.07, 6.45) is 0.217. The molecule has 1 saturated heterocycles. The summed E-state index contributed by atoms with van der Waals surface area (Å²) in [5.41, 5.74) is 2.22. The fourth-order valence-electron chi connectivity index (χ4n) is 5.55. The fraction of sp³-hybridized carbons (Fsp3) is 0.417. The summed E-state index contributed by atoms with van der Waals surface area (Å²) in [4.78, 5) is 11.4. The third-order valence-electron chi connectivity index (χ3n) is 7.04. The smallest absolute Gasteiger partial charge is 0.406 e. The van der Waals surface area contributed by atoms with Crippen molar-refractivity contribution in [2.75, 3.05) is 18.0 Å². The van der Waals surface area contributed by atoms with E-state index in [-0.39, 0.29) is 5.75 Å². The van der Waals surface area contributed by atoms with Crippen molar-refractivity contribution in [3.05, 3.63) is 54.2 Å². The first kappa shape index (κ1) is 21.9. The standard InChI is InChI=1S/C24H23F3N6O2/c1-14-28-23(35-31-14)32-12-16-4-5-17(13-32)20(16)11-21-29-22-19(3-2-10-33(22)30-21)15-6-8-18(9-7-15)34-24(25,26)27/h2-3,6-10,16-17,20H,4-5,11-13H2,1H3/t16-,17+,20?. The zero-order chi connectivity index (χ0) is 24.2. The second-order valence-corrected chi connectivity index (χ2v) is 9.28. The number of aryl methyl sites for hydroxylation is 1. The van der Waals surface area contributed by atoms with Crippen LogP contribution in [0.15, 0.2) is 47.1 Å². The monoisotopic (exact) mass is 484 g/mol. The van der Waals surface area contributed by atoms with Crippen molar-refractivity contribution in [1.29, 1.82) is 0 Å². The maximum Gasteiger partial charge on any atom is 0.573 e. The molecule has 4 aromatic rings. The summed E-state index contributed by atoms with van der Waals surface area (Å²) < 4.78 is 48.5. The topological polar surface area (TPSA) is 81.6 Å². The van der Waals surface area contributed by atoms with Crippen LogP contribution in [0.4, 0.5) is 19.2 Å². The summed E-state index contributed by atoms with van der Waals surface area (Å²) in [5, 5.41) is 8.63. The van der Waals surface area contributed by atoms with E-state index in [1.165, 1.54) is 12.1 Å². The Labute approximate surface area is 198 Å². The number of alkyl halides is 3. The summed E-state index contributed by atoms with van der Waals surface area (Å²) in [6, 6.07) is 10.2. The average molecular weight is 484 g/mol. The van der Waals surface area contributed by atoms with Gasteiger partial charge in [0.05, 0.1) is 0 Å². The second kappa shape index (κ2) is 8.24. The highest BCUT2D eigenvalue weighted by Gasteiger charge is 2.43. The van der Waals surface area contributed by atoms with Gasteiger partial charge in [-0.25, -0.2) is 9.50 Å². The summed E-state index contributed by atoms with van der Waals surface area (Å²) in [6.45, 7) is 3.59. The van der Waals surface area contributed by atoms with Crippen LogP contribution in [0, 0.1) is 24.7 Å². The van der Waals surface area contributed by atoms with E-state index in [9.17, 15) is 13.2 Å². The lowest BCUT2D eigenvalue weighted by atomic mass is 9.82. The molecular formula is C24H23F3N6O2. The molecule has 1 aliphatic heterocycles. The first-order valence-electron chi connectivity index (χ1n) is 11.6. The van der Waals surface area contributed by atoms with E-state index in [1.54, 1.807) is 16.6 Å². The Morgan fingerprint density at radius 2 is 1.80 bits per heavy atom. The fourth-order valence-corrected chi connectivity index (χ4v) is 5.55. The van der Waals surface area contributed by atoms with Gasteiger partial charge in [0.1, 0.15) is 5.75 Å². The number of ether oxygens (including phenoxy) is 1. The highest BCUT2D eigenvalue weighted by atomic mass is 19.4. The molecule has 3 atom stereocenters. The number of benzene rings is 1. The maximum atomic E-state index is 12.5. The van der Waals surface area contributed by atoms with Gasteiger partial charge in [0.2, 0.25) is 0 Å². The van der Waals surface area contributed by atoms with Gasteiger partial charge in [-0.1, -0.05) is 17.3 Å². The molecule has 0 amide bonds. The lowest BCUT2D eigenvalue weighted by molar-refractivity contribution is -0.274. The van der Waals surface area contributed by atoms with Crippen LogP contribution in [0.1, 0.15) is 24.5 Å². The number of hydrogen-bond acceptors (Lipinski definition) is 7. The molecule has 6 rings (SSSR count). The molecule has 3 aromatic heterocycles. The minimum Gasteiger partial charge on any atom is -0.406 e. The average Bonchev–Trinajstić information content (AvgIpc) is 3.48. The van der Waals surface area contributed by atoms with Crippen molar-refractivity contribution in [3.8, 4) is 16.9 Å². The summed E-state index contributed by atoms with van der Waals surface area (Å²) >= 11 is 0. The van der Waals surface area contributed by atoms with Gasteiger partial charge in [-0.05, 0) is 67.3 Å². The minimum absolute atomic E-state index is 0.257. The number of halogens is 3. The lowest BCUT2D eigenvalue weighted by Gasteiger charge is -2.36. The largest absolute Gasteiger partial charge is 0.573 e. The Balaban J connectivity index is 1.21. The van der Waals surface area contributed by atoms with Gasteiger partial charge >= 0.3 is 12.4 Å². The van der Waals surface area contributed by atoms with Crippen LogP contribution in [-0.2, 0) is 6.42 Å². The zero-order valence-corrected chi connectivity index (χ0v) is 18.9. The molecule has 1 saturated carbocycles. The normalized spacial score (nSPS) is 22.2. The molecule has 1 aromatic carbocycles. The van der Waals surface area contributed by atoms with Gasteiger partial charge in [-0.2, -0.15) is 10.1 Å². The van der Waals surface area contributed by atoms with E-state index in [4.69, 9.17) is 14.6 Å². The Morgan fingerprint density at radius 1 is 1.06 bits per heavy atom. The van der Waals surface area contributed by atoms with Gasteiger partial charge in [0, 0.05) is 31.3 Å². The van der Waals surface area contributed by atoms with Crippen LogP contribution < -0.4 is 9.64 Å². The quantitative estimate of drug-likeness (QED) is 0.406. The highest BCUT2D eigenvalue weighted by molar-refractivity contribution is 5.77. The molecule has 4 heterocycles. The molecular weight excluding hydrogens is 461 g/mol. The highest BCUT2D eigenvalue weighted by Crippen LogP contribution is 2.44. The van der Waals surface area contributed by atoms with Crippen LogP contribution in [0.3, 0.4) is 0 Å². The minimum atomic E-state index is -4.72. The van der Waals surface area contributed by atoms with Crippen molar-refractivity contribution in [2.24, 2.45) is 17.8 Å². The van der Waals surface area contributed by atoms with Crippen molar-refractivity contribution in [1.82, 2.24) is 24.7 Å². The number of rotatable bonds is 5. The van der Waals surface area contributed by atoms with Crippen LogP contribution >= 0.6 is 0 Å². The number of aromatic nitrogens is 5. The lowest BCUT2D eigenvalue weighted by Crippen LogP contribution is -2.43. The Morgan fingerprint density at radius 3 is 2.46 bits per heavy atom. The van der Waals surface area contributed by atoms with Crippen LogP contribution in [-0.4, -0.2) is 44.2 Å². The molecule has 0 radical (unpaired) electrons. The number of fused-ring (bicyclic) bond motifs is 3. The predicted octanol–water partition coefficient (Wildman–Crippen LogP) is 4.69. The van der Waals surface area contributed by atoms with E-state index < -0.39 is 6.36 Å². The Hall–Kier alpha value is -3.63. The van der Waals surface area contributed by atoms with E-state index in [2.05, 4.69) is 19.8 Å². The van der Waals surface area contributed by atoms with Gasteiger partial charge in [0.15, 0.2) is 17.3 Å². The third-order valence-corrected chi connectivity index (χ3v) is 7.04. The zero-order valence-electron chi connectivity index (χ0n) is 18.9. The third kappa shape index (κ3) is 4.30. The number of nitrogens with zero attached hydrogens (tertiary/aromatic N) is 6. The maximum absolute atomic E-state index is 12.5. The van der Waals surface area contributed by atoms with Gasteiger partial charge in [-0.3, -0.25) is 0 Å². The molecule has 8 nitrogen and oxygen atoms in total. The second-order valence-electron chi connectivity index (χ2n) is 9.28. The van der Waals surface area contributed by atoms with E-state index in [0.717, 1.165) is 49.3 Å². The molecule has 1 unspecified atom stereocenters. The number of hydrogen-bond donors (Lipinski definition) is 0. The molecule has 11 heteroatoms. The molecule has 0 N–H and O–H groups in total. The van der Waals surface area contributed by atoms with Crippen molar-refractivity contribution in [3.63, 3.8) is 0 Å². The van der Waals surface area contributed by atoms with Crippen LogP contribution in [0.25, 0.3) is 16.8 Å². The molecule has 0 spiro atoms. The van der Waals surface area contributed by atoms with Gasteiger partial charge in [-0.15, -0.1) is 13.2 Å². The van der Waals surface area contributed by atoms with Crippen molar-refractivity contribution >= 4 is 11.7 Å². The van der Waals surface area contributed by atoms with Crippen molar-refractivity contribution < 1.29 is 22.4 Å². The van der Waals surface area contributed by atoms with E-state index in [1.807, 2.05) is 25.3 Å². The predicted molar refractivity (Wildman–Crippen MR) is 120 cm³/mol. The molecule has 35 heavy (non-hydrogen) atoms. The molecule has 2 fully saturated rings. The number of anilines is 1. The van der Waals surface area contributed by atoms with E-state index >= 15 is 0 Å². The molecule has 2 bridgehead atoms. The number of piperidine rings is 1. The Bertz CT molecular complexity index is 1340. The summed E-state index contributed by atoms with van der Waals surface area (Å²) in [7, 11) is 0. The van der Waals surface area contributed by atoms with Crippen LogP contribution in [0.2, 0.25) is 0 Å². The molecule has 182 valence electrons. The number of pyridine rings is 1. The first-order valence-corrected chi connectivity index (χ1v) is 11.6. The van der Waals surface area contributed by atoms with E-state index in [0.29, 0.717) is 35.2 Å². The van der Waals surface area contributed by atoms with Crippen LogP contribution in [0.5, 0.6) is 5.75 Å². The molecule has 2 aliphatic rings. The first-order chi connectivity index (χ1) is 16.8. The SMILES string of the molecule is Cc1noc(N2C[C@H]3CC[C@@H](C2)C3Cc2nc3c(-c4ccc(OC(F)(F)F)cc4)cccn3n2)n1. The van der Waals surface area contributed by atoms with Crippen molar-refractivity contribution in [2.45, 2.75) is 32.5 Å². The van der Waals surface area contributed by atoms with Gasteiger partial charge < -0.3 is 14.2 Å². The Kier molecular flexibility index (Phi) is 5.15.